The van der Waals surface area contributed by atoms with E-state index >= 15 is 0 Å². The summed E-state index contributed by atoms with van der Waals surface area (Å²) < 4.78 is 0. The molecular weight excluding hydrogens is 278 g/mol. The first-order chi connectivity index (χ1) is 9.52. The monoisotopic (exact) mass is 297 g/mol. The van der Waals surface area contributed by atoms with Crippen LogP contribution in [0.2, 0.25) is 5.02 Å². The molecule has 0 radical (unpaired) electrons. The summed E-state index contributed by atoms with van der Waals surface area (Å²) in [5, 5.41) is 22.3. The first kappa shape index (κ1) is 15.3. The Morgan fingerprint density at radius 2 is 1.85 bits per heavy atom. The van der Waals surface area contributed by atoms with E-state index in [2.05, 4.69) is 5.32 Å². The predicted octanol–water partition coefficient (Wildman–Crippen LogP) is 1.62. The number of carbonyl (C=O) groups is 1. The summed E-state index contributed by atoms with van der Waals surface area (Å²) in [5.41, 5.74) is -0.547. The third kappa shape index (κ3) is 2.68. The van der Waals surface area contributed by atoms with E-state index in [0.29, 0.717) is 11.4 Å². The number of benzene rings is 1. The van der Waals surface area contributed by atoms with Crippen LogP contribution >= 0.6 is 11.6 Å². The Morgan fingerprint density at radius 1 is 1.30 bits per heavy atom. The lowest BCUT2D eigenvalue weighted by molar-refractivity contribution is -0.127. The first-order valence-corrected chi connectivity index (χ1v) is 7.20. The van der Waals surface area contributed by atoms with Gasteiger partial charge in [0, 0.05) is 5.02 Å². The van der Waals surface area contributed by atoms with E-state index in [-0.39, 0.29) is 19.1 Å². The molecule has 0 saturated heterocycles. The second kappa shape index (κ2) is 5.72. The van der Waals surface area contributed by atoms with E-state index in [4.69, 9.17) is 11.6 Å². The molecule has 4 nitrogen and oxygen atoms in total. The summed E-state index contributed by atoms with van der Waals surface area (Å²) in [7, 11) is 0. The minimum Gasteiger partial charge on any atom is -0.394 e. The molecule has 0 atom stereocenters. The number of rotatable bonds is 6. The van der Waals surface area contributed by atoms with Gasteiger partial charge in [0.2, 0.25) is 5.91 Å². The Hall–Kier alpha value is -1.10. The van der Waals surface area contributed by atoms with Crippen molar-refractivity contribution in [2.24, 2.45) is 0 Å². The summed E-state index contributed by atoms with van der Waals surface area (Å²) in [5.74, 6) is -0.134. The van der Waals surface area contributed by atoms with Crippen LogP contribution in [0.4, 0.5) is 0 Å². The highest BCUT2D eigenvalue weighted by atomic mass is 35.5. The van der Waals surface area contributed by atoms with Crippen molar-refractivity contribution < 1.29 is 15.0 Å². The Balaban J connectivity index is 2.18. The SMILES string of the molecule is CCC(CO)(CO)NC(=O)C1(c2ccc(Cl)cc2)CC1. The molecule has 110 valence electrons. The third-order valence-corrected chi connectivity index (χ3v) is 4.49. The largest absolute Gasteiger partial charge is 0.394 e. The Bertz CT molecular complexity index is 470. The molecule has 1 aromatic rings. The van der Waals surface area contributed by atoms with Gasteiger partial charge in [-0.1, -0.05) is 30.7 Å². The zero-order chi connectivity index (χ0) is 14.8. The smallest absolute Gasteiger partial charge is 0.231 e. The van der Waals surface area contributed by atoms with Crippen LogP contribution in [-0.4, -0.2) is 34.9 Å². The standard InChI is InChI=1S/C15H20ClNO3/c1-2-14(9-18,10-19)17-13(20)15(7-8-15)11-3-5-12(16)6-4-11/h3-6,18-19H,2,7-10H2,1H3,(H,17,20). The van der Waals surface area contributed by atoms with Crippen LogP contribution < -0.4 is 5.32 Å². The molecule has 1 fully saturated rings. The quantitative estimate of drug-likeness (QED) is 0.747. The van der Waals surface area contributed by atoms with Crippen molar-refractivity contribution in [3.8, 4) is 0 Å². The molecule has 1 aliphatic rings. The van der Waals surface area contributed by atoms with Gasteiger partial charge in [0.15, 0.2) is 0 Å². The second-order valence-corrected chi connectivity index (χ2v) is 5.93. The predicted molar refractivity (Wildman–Crippen MR) is 77.7 cm³/mol. The number of aliphatic hydroxyl groups is 2. The maximum absolute atomic E-state index is 12.5. The fraction of sp³-hybridized carbons (Fsp3) is 0.533. The molecule has 1 aromatic carbocycles. The van der Waals surface area contributed by atoms with Crippen LogP contribution in [0.3, 0.4) is 0 Å². The van der Waals surface area contributed by atoms with Gasteiger partial charge >= 0.3 is 0 Å². The lowest BCUT2D eigenvalue weighted by atomic mass is 9.91. The maximum Gasteiger partial charge on any atom is 0.231 e. The van der Waals surface area contributed by atoms with Crippen LogP contribution in [0.15, 0.2) is 24.3 Å². The van der Waals surface area contributed by atoms with Crippen molar-refractivity contribution in [1.82, 2.24) is 5.32 Å². The van der Waals surface area contributed by atoms with Crippen LogP contribution in [0, 0.1) is 0 Å². The summed E-state index contributed by atoms with van der Waals surface area (Å²) in [6.07, 6.45) is 2.02. The van der Waals surface area contributed by atoms with Crippen molar-refractivity contribution >= 4 is 17.5 Å². The number of hydrogen-bond acceptors (Lipinski definition) is 3. The van der Waals surface area contributed by atoms with Crippen LogP contribution in [-0.2, 0) is 10.2 Å². The minimum absolute atomic E-state index is 0.134. The van der Waals surface area contributed by atoms with E-state index in [0.717, 1.165) is 18.4 Å². The lowest BCUT2D eigenvalue weighted by Gasteiger charge is -2.32. The summed E-state index contributed by atoms with van der Waals surface area (Å²) in [6.45, 7) is 1.28. The molecule has 0 spiro atoms. The van der Waals surface area contributed by atoms with Gasteiger partial charge in [-0.05, 0) is 37.0 Å². The van der Waals surface area contributed by atoms with Gasteiger partial charge in [-0.15, -0.1) is 0 Å². The van der Waals surface area contributed by atoms with Crippen molar-refractivity contribution in [2.45, 2.75) is 37.1 Å². The highest BCUT2D eigenvalue weighted by molar-refractivity contribution is 6.30. The van der Waals surface area contributed by atoms with Gasteiger partial charge in [-0.2, -0.15) is 0 Å². The number of nitrogens with one attached hydrogen (secondary N) is 1. The highest BCUT2D eigenvalue weighted by Gasteiger charge is 2.52. The molecule has 1 amide bonds. The topological polar surface area (TPSA) is 69.6 Å². The Labute approximate surface area is 123 Å². The zero-order valence-electron chi connectivity index (χ0n) is 11.5. The van der Waals surface area contributed by atoms with Crippen molar-refractivity contribution in [1.29, 1.82) is 0 Å². The Kier molecular flexibility index (Phi) is 4.37. The highest BCUT2D eigenvalue weighted by Crippen LogP contribution is 2.48. The average Bonchev–Trinajstić information content (AvgIpc) is 3.27. The van der Waals surface area contributed by atoms with Crippen molar-refractivity contribution in [3.63, 3.8) is 0 Å². The first-order valence-electron chi connectivity index (χ1n) is 6.82. The molecule has 0 bridgehead atoms. The van der Waals surface area contributed by atoms with Crippen LogP contribution in [0.5, 0.6) is 0 Å². The normalized spacial score (nSPS) is 16.8. The van der Waals surface area contributed by atoms with Gasteiger partial charge in [0.05, 0.1) is 24.2 Å². The van der Waals surface area contributed by atoms with E-state index < -0.39 is 11.0 Å². The molecule has 2 rings (SSSR count). The fourth-order valence-electron chi connectivity index (χ4n) is 2.34. The average molecular weight is 298 g/mol. The number of hydrogen-bond donors (Lipinski definition) is 3. The molecule has 20 heavy (non-hydrogen) atoms. The van der Waals surface area contributed by atoms with Crippen LogP contribution in [0.1, 0.15) is 31.7 Å². The molecule has 0 unspecified atom stereocenters. The minimum atomic E-state index is -0.945. The van der Waals surface area contributed by atoms with E-state index in [9.17, 15) is 15.0 Å². The number of carbonyl (C=O) groups excluding carboxylic acids is 1. The van der Waals surface area contributed by atoms with E-state index in [1.165, 1.54) is 0 Å². The number of halogens is 1. The maximum atomic E-state index is 12.5. The molecule has 0 heterocycles. The summed E-state index contributed by atoms with van der Waals surface area (Å²) in [4.78, 5) is 12.5. The van der Waals surface area contributed by atoms with E-state index in [1.807, 2.05) is 19.1 Å². The molecule has 1 aliphatic carbocycles. The Morgan fingerprint density at radius 3 is 2.25 bits per heavy atom. The van der Waals surface area contributed by atoms with Gasteiger partial charge < -0.3 is 15.5 Å². The fourth-order valence-corrected chi connectivity index (χ4v) is 2.47. The summed E-state index contributed by atoms with van der Waals surface area (Å²) in [6, 6.07) is 7.27. The van der Waals surface area contributed by atoms with Gasteiger partial charge in [-0.3, -0.25) is 4.79 Å². The van der Waals surface area contributed by atoms with Gasteiger partial charge in [-0.25, -0.2) is 0 Å². The van der Waals surface area contributed by atoms with Crippen molar-refractivity contribution in [2.75, 3.05) is 13.2 Å². The molecule has 0 aromatic heterocycles. The number of amides is 1. The molecular formula is C15H20ClNO3. The van der Waals surface area contributed by atoms with Crippen LogP contribution in [0.25, 0.3) is 0 Å². The zero-order valence-corrected chi connectivity index (χ0v) is 12.3. The lowest BCUT2D eigenvalue weighted by Crippen LogP contribution is -2.56. The third-order valence-electron chi connectivity index (χ3n) is 4.24. The molecule has 3 N–H and O–H groups in total. The molecule has 5 heteroatoms. The number of aliphatic hydroxyl groups excluding tert-OH is 2. The van der Waals surface area contributed by atoms with E-state index in [1.54, 1.807) is 12.1 Å². The second-order valence-electron chi connectivity index (χ2n) is 5.49. The molecule has 0 aliphatic heterocycles. The van der Waals surface area contributed by atoms with Gasteiger partial charge in [0.1, 0.15) is 0 Å². The summed E-state index contributed by atoms with van der Waals surface area (Å²) >= 11 is 5.87. The molecule has 1 saturated carbocycles. The van der Waals surface area contributed by atoms with Crippen molar-refractivity contribution in [3.05, 3.63) is 34.9 Å². The van der Waals surface area contributed by atoms with Gasteiger partial charge in [0.25, 0.3) is 0 Å².